The van der Waals surface area contributed by atoms with Gasteiger partial charge in [0.2, 0.25) is 0 Å². The molecular formula is C14H15BrN4. The Hall–Kier alpha value is -1.62. The van der Waals surface area contributed by atoms with Crippen LogP contribution >= 0.6 is 15.9 Å². The topological polar surface area (TPSA) is 41.1 Å². The van der Waals surface area contributed by atoms with E-state index in [0.717, 1.165) is 35.7 Å². The third kappa shape index (κ3) is 2.30. The van der Waals surface area contributed by atoms with Gasteiger partial charge in [-0.05, 0) is 34.0 Å². The van der Waals surface area contributed by atoms with E-state index in [1.807, 2.05) is 0 Å². The minimum Gasteiger partial charge on any atom is -0.369 e. The lowest BCUT2D eigenvalue weighted by Crippen LogP contribution is -2.17. The number of anilines is 2. The first kappa shape index (κ1) is 12.4. The second-order valence-corrected chi connectivity index (χ2v) is 5.31. The first-order valence-corrected chi connectivity index (χ1v) is 7.15. The summed E-state index contributed by atoms with van der Waals surface area (Å²) in [6.45, 7) is 4.70. The quantitative estimate of drug-likeness (QED) is 0.943. The molecule has 0 radical (unpaired) electrons. The number of fused-ring (bicyclic) bond motifs is 1. The fourth-order valence-corrected chi connectivity index (χ4v) is 2.95. The molecule has 98 valence electrons. The summed E-state index contributed by atoms with van der Waals surface area (Å²) in [7, 11) is 0. The molecule has 1 aromatic carbocycles. The molecule has 0 spiro atoms. The normalized spacial score (nSPS) is 13.5. The van der Waals surface area contributed by atoms with Crippen LogP contribution in [-0.2, 0) is 13.1 Å². The van der Waals surface area contributed by atoms with E-state index in [4.69, 9.17) is 0 Å². The number of nitrogens with one attached hydrogen (secondary N) is 1. The monoisotopic (exact) mass is 318 g/mol. The van der Waals surface area contributed by atoms with E-state index >= 15 is 0 Å². The van der Waals surface area contributed by atoms with Gasteiger partial charge in [0.15, 0.2) is 0 Å². The van der Waals surface area contributed by atoms with Crippen molar-refractivity contribution in [3.63, 3.8) is 0 Å². The molecule has 3 rings (SSSR count). The van der Waals surface area contributed by atoms with Crippen LogP contribution in [0.1, 0.15) is 18.1 Å². The van der Waals surface area contributed by atoms with Gasteiger partial charge in [-0.25, -0.2) is 9.97 Å². The van der Waals surface area contributed by atoms with Gasteiger partial charge in [0, 0.05) is 19.6 Å². The van der Waals surface area contributed by atoms with E-state index in [0.29, 0.717) is 0 Å². The molecule has 0 aliphatic carbocycles. The van der Waals surface area contributed by atoms with Crippen molar-refractivity contribution in [2.24, 2.45) is 0 Å². The smallest absolute Gasteiger partial charge is 0.149 e. The van der Waals surface area contributed by atoms with Gasteiger partial charge in [0.05, 0.1) is 0 Å². The summed E-state index contributed by atoms with van der Waals surface area (Å²) >= 11 is 3.61. The molecule has 1 aromatic heterocycles. The Morgan fingerprint density at radius 2 is 1.89 bits per heavy atom. The average Bonchev–Trinajstić information content (AvgIpc) is 2.85. The summed E-state index contributed by atoms with van der Waals surface area (Å²) in [6.07, 6.45) is 1.61. The van der Waals surface area contributed by atoms with Crippen LogP contribution in [0.5, 0.6) is 0 Å². The first-order chi connectivity index (χ1) is 9.29. The standard InChI is InChI=1S/C14H15BrN4/c1-2-16-13-12(15)14(18-9-17-13)19-7-10-5-3-4-6-11(10)8-19/h3-6,9H,2,7-8H2,1H3,(H,16,17,18). The fourth-order valence-electron chi connectivity index (χ4n) is 2.35. The fraction of sp³-hybridized carbons (Fsp3) is 0.286. The molecule has 19 heavy (non-hydrogen) atoms. The summed E-state index contributed by atoms with van der Waals surface area (Å²) in [5, 5.41) is 3.24. The third-order valence-electron chi connectivity index (χ3n) is 3.26. The highest BCUT2D eigenvalue weighted by Crippen LogP contribution is 2.34. The number of hydrogen-bond donors (Lipinski definition) is 1. The number of rotatable bonds is 3. The van der Waals surface area contributed by atoms with Crippen molar-refractivity contribution in [1.29, 1.82) is 0 Å². The van der Waals surface area contributed by atoms with Gasteiger partial charge in [0.1, 0.15) is 22.4 Å². The molecule has 2 aromatic rings. The van der Waals surface area contributed by atoms with E-state index in [9.17, 15) is 0 Å². The Kier molecular flexibility index (Phi) is 3.38. The molecule has 0 bridgehead atoms. The van der Waals surface area contributed by atoms with Gasteiger partial charge >= 0.3 is 0 Å². The van der Waals surface area contributed by atoms with Crippen LogP contribution in [0.2, 0.25) is 0 Å². The molecule has 1 aliphatic heterocycles. The molecular weight excluding hydrogens is 304 g/mol. The summed E-state index contributed by atoms with van der Waals surface area (Å²) in [4.78, 5) is 10.9. The van der Waals surface area contributed by atoms with Crippen LogP contribution in [0.3, 0.4) is 0 Å². The maximum Gasteiger partial charge on any atom is 0.149 e. The molecule has 0 amide bonds. The molecule has 2 heterocycles. The lowest BCUT2D eigenvalue weighted by molar-refractivity contribution is 0.846. The van der Waals surface area contributed by atoms with Gasteiger partial charge in [-0.2, -0.15) is 0 Å². The van der Waals surface area contributed by atoms with Gasteiger partial charge in [-0.15, -0.1) is 0 Å². The lowest BCUT2D eigenvalue weighted by atomic mass is 10.1. The van der Waals surface area contributed by atoms with Crippen molar-refractivity contribution in [3.05, 3.63) is 46.2 Å². The number of nitrogens with zero attached hydrogens (tertiary/aromatic N) is 3. The van der Waals surface area contributed by atoms with Crippen LogP contribution < -0.4 is 10.2 Å². The second-order valence-electron chi connectivity index (χ2n) is 4.51. The molecule has 1 aliphatic rings. The first-order valence-electron chi connectivity index (χ1n) is 6.35. The summed E-state index contributed by atoms with van der Waals surface area (Å²) in [5.74, 6) is 1.80. The predicted octanol–water partition coefficient (Wildman–Crippen LogP) is 3.19. The van der Waals surface area contributed by atoms with E-state index < -0.39 is 0 Å². The largest absolute Gasteiger partial charge is 0.369 e. The minimum absolute atomic E-state index is 0.843. The Bertz CT molecular complexity index is 575. The molecule has 0 unspecified atom stereocenters. The Labute approximate surface area is 121 Å². The Morgan fingerprint density at radius 1 is 1.21 bits per heavy atom. The van der Waals surface area contributed by atoms with Crippen molar-refractivity contribution in [2.45, 2.75) is 20.0 Å². The zero-order chi connectivity index (χ0) is 13.2. The maximum atomic E-state index is 4.41. The second kappa shape index (κ2) is 5.17. The van der Waals surface area contributed by atoms with Gasteiger partial charge in [-0.3, -0.25) is 0 Å². The van der Waals surface area contributed by atoms with E-state index in [1.54, 1.807) is 6.33 Å². The van der Waals surface area contributed by atoms with E-state index in [2.05, 4.69) is 67.3 Å². The van der Waals surface area contributed by atoms with Crippen LogP contribution in [0.15, 0.2) is 35.1 Å². The van der Waals surface area contributed by atoms with Crippen molar-refractivity contribution in [2.75, 3.05) is 16.8 Å². The molecule has 0 fully saturated rings. The highest BCUT2D eigenvalue weighted by molar-refractivity contribution is 9.10. The van der Waals surface area contributed by atoms with Gasteiger partial charge < -0.3 is 10.2 Å². The highest BCUT2D eigenvalue weighted by Gasteiger charge is 2.22. The van der Waals surface area contributed by atoms with Gasteiger partial charge in [0.25, 0.3) is 0 Å². The van der Waals surface area contributed by atoms with Crippen LogP contribution in [0.4, 0.5) is 11.6 Å². The lowest BCUT2D eigenvalue weighted by Gasteiger charge is -2.19. The van der Waals surface area contributed by atoms with Crippen molar-refractivity contribution in [1.82, 2.24) is 9.97 Å². The average molecular weight is 319 g/mol. The Morgan fingerprint density at radius 3 is 2.53 bits per heavy atom. The van der Waals surface area contributed by atoms with Crippen LogP contribution in [0, 0.1) is 0 Å². The molecule has 0 saturated heterocycles. The summed E-state index contributed by atoms with van der Waals surface area (Å²) < 4.78 is 0.935. The molecule has 1 N–H and O–H groups in total. The van der Waals surface area contributed by atoms with Crippen molar-refractivity contribution in [3.8, 4) is 0 Å². The van der Waals surface area contributed by atoms with Crippen LogP contribution in [0.25, 0.3) is 0 Å². The molecule has 0 atom stereocenters. The molecule has 4 nitrogen and oxygen atoms in total. The number of aromatic nitrogens is 2. The van der Waals surface area contributed by atoms with Gasteiger partial charge in [-0.1, -0.05) is 24.3 Å². The number of benzene rings is 1. The summed E-state index contributed by atoms with van der Waals surface area (Å²) in [6, 6.07) is 8.52. The van der Waals surface area contributed by atoms with Crippen LogP contribution in [-0.4, -0.2) is 16.5 Å². The predicted molar refractivity (Wildman–Crippen MR) is 80.2 cm³/mol. The number of halogens is 1. The molecule has 5 heteroatoms. The highest BCUT2D eigenvalue weighted by atomic mass is 79.9. The summed E-state index contributed by atoms with van der Waals surface area (Å²) in [5.41, 5.74) is 2.75. The third-order valence-corrected chi connectivity index (χ3v) is 3.99. The SMILES string of the molecule is CCNc1ncnc(N2Cc3ccccc3C2)c1Br. The zero-order valence-electron chi connectivity index (χ0n) is 10.7. The zero-order valence-corrected chi connectivity index (χ0v) is 12.3. The van der Waals surface area contributed by atoms with Crippen molar-refractivity contribution >= 4 is 27.6 Å². The van der Waals surface area contributed by atoms with Crippen molar-refractivity contribution < 1.29 is 0 Å². The van der Waals surface area contributed by atoms with E-state index in [1.165, 1.54) is 11.1 Å². The Balaban J connectivity index is 1.91. The van der Waals surface area contributed by atoms with E-state index in [-0.39, 0.29) is 0 Å². The maximum absolute atomic E-state index is 4.41. The molecule has 0 saturated carbocycles. The minimum atomic E-state index is 0.843. The number of hydrogen-bond acceptors (Lipinski definition) is 4.